The first-order valence-electron chi connectivity index (χ1n) is 7.30. The van der Waals surface area contributed by atoms with Crippen molar-refractivity contribution >= 4 is 21.7 Å². The van der Waals surface area contributed by atoms with Gasteiger partial charge in [-0.3, -0.25) is 0 Å². The van der Waals surface area contributed by atoms with Crippen LogP contribution in [0.4, 0.5) is 14.6 Å². The summed E-state index contributed by atoms with van der Waals surface area (Å²) < 4.78 is 30.5. The Hall–Kier alpha value is -2.27. The van der Waals surface area contributed by atoms with Crippen molar-refractivity contribution in [3.8, 4) is 11.9 Å². The SMILES string of the molecule is N#Cc1c(OC(F)(F)Br)ncnc1N1CCc2ccccc2CC1. The molecule has 2 aromatic rings. The van der Waals surface area contributed by atoms with Crippen molar-refractivity contribution in [3.05, 3.63) is 47.3 Å². The number of benzene rings is 1. The zero-order chi connectivity index (χ0) is 17.2. The molecule has 0 amide bonds. The molecule has 5 nitrogen and oxygen atoms in total. The molecule has 0 aliphatic carbocycles. The second-order valence-electron chi connectivity index (χ2n) is 5.29. The first-order chi connectivity index (χ1) is 11.5. The normalized spacial score (nSPS) is 14.5. The number of hydrogen-bond donors (Lipinski definition) is 0. The lowest BCUT2D eigenvalue weighted by Crippen LogP contribution is -2.28. The van der Waals surface area contributed by atoms with E-state index in [1.54, 1.807) is 0 Å². The van der Waals surface area contributed by atoms with E-state index in [0.717, 1.165) is 19.2 Å². The van der Waals surface area contributed by atoms with Gasteiger partial charge in [0.15, 0.2) is 11.4 Å². The van der Waals surface area contributed by atoms with E-state index in [2.05, 4.69) is 42.8 Å². The smallest absolute Gasteiger partial charge is 0.404 e. The molecule has 0 bridgehead atoms. The largest absolute Gasteiger partial charge is 0.460 e. The number of fused-ring (bicyclic) bond motifs is 1. The van der Waals surface area contributed by atoms with Crippen LogP contribution in [0.2, 0.25) is 0 Å². The van der Waals surface area contributed by atoms with Crippen molar-refractivity contribution in [2.75, 3.05) is 18.0 Å². The maximum atomic E-state index is 13.1. The fraction of sp³-hybridized carbons (Fsp3) is 0.312. The lowest BCUT2D eigenvalue weighted by atomic mass is 10.0. The van der Waals surface area contributed by atoms with Gasteiger partial charge in [0, 0.05) is 29.0 Å². The highest BCUT2D eigenvalue weighted by atomic mass is 79.9. The summed E-state index contributed by atoms with van der Waals surface area (Å²) in [6, 6.07) is 10.0. The molecule has 1 aromatic heterocycles. The van der Waals surface area contributed by atoms with Crippen molar-refractivity contribution in [1.29, 1.82) is 5.26 Å². The third kappa shape index (κ3) is 3.62. The molecule has 3 rings (SSSR count). The van der Waals surface area contributed by atoms with Gasteiger partial charge < -0.3 is 9.64 Å². The van der Waals surface area contributed by atoms with Gasteiger partial charge in [-0.1, -0.05) is 24.3 Å². The van der Waals surface area contributed by atoms with E-state index in [0.29, 0.717) is 18.9 Å². The molecule has 0 saturated carbocycles. The Kier molecular flexibility index (Phi) is 4.62. The molecule has 0 spiro atoms. The Labute approximate surface area is 146 Å². The topological polar surface area (TPSA) is 62.0 Å². The maximum Gasteiger partial charge on any atom is 0.460 e. The number of anilines is 1. The lowest BCUT2D eigenvalue weighted by Gasteiger charge is -2.23. The summed E-state index contributed by atoms with van der Waals surface area (Å²) in [4.78, 5) is 9.68. The molecule has 2 heterocycles. The van der Waals surface area contributed by atoms with Crippen molar-refractivity contribution in [2.45, 2.75) is 17.9 Å². The van der Waals surface area contributed by atoms with Crippen molar-refractivity contribution in [3.63, 3.8) is 0 Å². The predicted octanol–water partition coefficient (Wildman–Crippen LogP) is 3.28. The molecule has 0 atom stereocenters. The van der Waals surface area contributed by atoms with Crippen LogP contribution in [0, 0.1) is 11.3 Å². The summed E-state index contributed by atoms with van der Waals surface area (Å²) in [5, 5.41) is 5.78. The second-order valence-corrected chi connectivity index (χ2v) is 6.22. The number of hydrogen-bond acceptors (Lipinski definition) is 5. The Morgan fingerprint density at radius 3 is 2.33 bits per heavy atom. The Balaban J connectivity index is 1.90. The quantitative estimate of drug-likeness (QED) is 0.747. The molecule has 1 aliphatic heterocycles. The average molecular weight is 395 g/mol. The highest BCUT2D eigenvalue weighted by molar-refractivity contribution is 9.09. The molecule has 0 N–H and O–H groups in total. The first-order valence-corrected chi connectivity index (χ1v) is 8.10. The van der Waals surface area contributed by atoms with E-state index in [4.69, 9.17) is 0 Å². The Morgan fingerprint density at radius 2 is 1.79 bits per heavy atom. The van der Waals surface area contributed by atoms with Gasteiger partial charge in [-0.05, 0) is 24.0 Å². The Bertz CT molecular complexity index is 761. The molecular formula is C16H13BrF2N4O. The summed E-state index contributed by atoms with van der Waals surface area (Å²) in [6.07, 6.45) is 2.70. The fourth-order valence-electron chi connectivity index (χ4n) is 2.77. The van der Waals surface area contributed by atoms with Crippen LogP contribution in [0.25, 0.3) is 0 Å². The van der Waals surface area contributed by atoms with Crippen molar-refractivity contribution < 1.29 is 13.5 Å². The monoisotopic (exact) mass is 394 g/mol. The van der Waals surface area contributed by atoms with Crippen molar-refractivity contribution in [1.82, 2.24) is 9.97 Å². The van der Waals surface area contributed by atoms with E-state index in [-0.39, 0.29) is 5.56 Å². The molecule has 0 unspecified atom stereocenters. The molecule has 0 radical (unpaired) electrons. The van der Waals surface area contributed by atoms with Gasteiger partial charge >= 0.3 is 5.02 Å². The van der Waals surface area contributed by atoms with Crippen LogP contribution in [0.3, 0.4) is 0 Å². The minimum Gasteiger partial charge on any atom is -0.404 e. The van der Waals surface area contributed by atoms with Crippen LogP contribution < -0.4 is 9.64 Å². The number of ether oxygens (including phenoxy) is 1. The van der Waals surface area contributed by atoms with Crippen molar-refractivity contribution in [2.24, 2.45) is 0 Å². The molecule has 24 heavy (non-hydrogen) atoms. The highest BCUT2D eigenvalue weighted by Gasteiger charge is 2.30. The van der Waals surface area contributed by atoms with Crippen LogP contribution in [0.1, 0.15) is 16.7 Å². The fourth-order valence-corrected chi connectivity index (χ4v) is 2.92. The van der Waals surface area contributed by atoms with Gasteiger partial charge in [-0.2, -0.15) is 14.0 Å². The molecule has 8 heteroatoms. The standard InChI is InChI=1S/C16H13BrF2N4O/c17-16(18,19)24-15-13(9-20)14(21-10-22-15)23-7-5-11-3-1-2-4-12(11)6-8-23/h1-4,10H,5-8H2. The zero-order valence-corrected chi connectivity index (χ0v) is 14.1. The van der Waals surface area contributed by atoms with E-state index in [9.17, 15) is 14.0 Å². The molecule has 1 aromatic carbocycles. The predicted molar refractivity (Wildman–Crippen MR) is 87.3 cm³/mol. The summed E-state index contributed by atoms with van der Waals surface area (Å²) in [7, 11) is 0. The summed E-state index contributed by atoms with van der Waals surface area (Å²) in [6.45, 7) is 1.26. The number of nitriles is 1. The maximum absolute atomic E-state index is 13.1. The number of rotatable bonds is 3. The van der Waals surface area contributed by atoms with E-state index >= 15 is 0 Å². The van der Waals surface area contributed by atoms with Crippen LogP contribution in [0.15, 0.2) is 30.6 Å². The summed E-state index contributed by atoms with van der Waals surface area (Å²) in [5.74, 6) is -0.127. The number of nitrogens with zero attached hydrogens (tertiary/aromatic N) is 4. The van der Waals surface area contributed by atoms with Crippen LogP contribution in [0.5, 0.6) is 5.88 Å². The third-order valence-electron chi connectivity index (χ3n) is 3.84. The number of alkyl halides is 3. The minimum atomic E-state index is -3.60. The van der Waals surface area contributed by atoms with Gasteiger partial charge in [-0.25, -0.2) is 9.97 Å². The first kappa shape index (κ1) is 16.6. The molecule has 0 fully saturated rings. The third-order valence-corrected chi connectivity index (χ3v) is 4.00. The van der Waals surface area contributed by atoms with Gasteiger partial charge in [0.1, 0.15) is 12.4 Å². The van der Waals surface area contributed by atoms with Crippen LogP contribution in [-0.4, -0.2) is 28.1 Å². The van der Waals surface area contributed by atoms with Gasteiger partial charge in [0.05, 0.1) is 0 Å². The summed E-state index contributed by atoms with van der Waals surface area (Å²) in [5.41, 5.74) is 2.40. The van der Waals surface area contributed by atoms with E-state index in [1.165, 1.54) is 11.1 Å². The summed E-state index contributed by atoms with van der Waals surface area (Å²) >= 11 is 2.09. The minimum absolute atomic E-state index is 0.0948. The molecule has 1 aliphatic rings. The molecular weight excluding hydrogens is 382 g/mol. The van der Waals surface area contributed by atoms with E-state index < -0.39 is 10.9 Å². The van der Waals surface area contributed by atoms with Gasteiger partial charge in [0.25, 0.3) is 0 Å². The average Bonchev–Trinajstić information content (AvgIpc) is 2.76. The van der Waals surface area contributed by atoms with Gasteiger partial charge in [0.2, 0.25) is 5.88 Å². The lowest BCUT2D eigenvalue weighted by molar-refractivity contribution is -0.0833. The zero-order valence-electron chi connectivity index (χ0n) is 12.5. The van der Waals surface area contributed by atoms with Crippen LogP contribution in [-0.2, 0) is 12.8 Å². The number of aromatic nitrogens is 2. The molecule has 124 valence electrons. The van der Waals surface area contributed by atoms with Gasteiger partial charge in [-0.15, -0.1) is 0 Å². The van der Waals surface area contributed by atoms with E-state index in [1.807, 2.05) is 23.1 Å². The second kappa shape index (κ2) is 6.69. The highest BCUT2D eigenvalue weighted by Crippen LogP contribution is 2.31. The number of halogens is 3. The Morgan fingerprint density at radius 1 is 1.17 bits per heavy atom. The molecule has 0 saturated heterocycles. The van der Waals surface area contributed by atoms with Crippen LogP contribution >= 0.6 is 15.9 Å².